The molecule has 0 N–H and O–H groups in total. The van der Waals surface area contributed by atoms with Crippen molar-refractivity contribution >= 4 is 35.6 Å². The molecular weight excluding hydrogens is 761 g/mol. The lowest BCUT2D eigenvalue weighted by Crippen LogP contribution is -2.65. The molecule has 0 aromatic heterocycles. The van der Waals surface area contributed by atoms with Gasteiger partial charge in [-0.05, 0) is 16.7 Å². The van der Waals surface area contributed by atoms with Crippen molar-refractivity contribution in [2.75, 3.05) is 20.3 Å². The number of benzene rings is 3. The summed E-state index contributed by atoms with van der Waals surface area (Å²) in [6.45, 7) is 5.19. The minimum absolute atomic E-state index is 0.0599. The fourth-order valence-electron chi connectivity index (χ4n) is 6.59. The number of thioether (sulfide) groups is 1. The Kier molecular flexibility index (Phi) is 16.9. The van der Waals surface area contributed by atoms with E-state index in [1.165, 1.54) is 34.8 Å². The van der Waals surface area contributed by atoms with Crippen molar-refractivity contribution in [3.8, 4) is 0 Å². The van der Waals surface area contributed by atoms with Crippen LogP contribution in [0.4, 0.5) is 0 Å². The van der Waals surface area contributed by atoms with Crippen LogP contribution in [0.1, 0.15) is 44.4 Å². The van der Waals surface area contributed by atoms with Crippen molar-refractivity contribution in [2.24, 2.45) is 0 Å². The van der Waals surface area contributed by atoms with Gasteiger partial charge in [0.25, 0.3) is 0 Å². The summed E-state index contributed by atoms with van der Waals surface area (Å²) < 4.78 is 61.6. The number of hydrogen-bond acceptors (Lipinski definition) is 15. The van der Waals surface area contributed by atoms with Gasteiger partial charge in [0.2, 0.25) is 0 Å². The maximum Gasteiger partial charge on any atom is 0.303 e. The van der Waals surface area contributed by atoms with Crippen molar-refractivity contribution in [3.63, 3.8) is 0 Å². The Hall–Kier alpha value is -4.35. The summed E-state index contributed by atoms with van der Waals surface area (Å²) in [6.07, 6.45) is -8.53. The monoisotopic (exact) mass is 810 g/mol. The van der Waals surface area contributed by atoms with Crippen molar-refractivity contribution in [3.05, 3.63) is 108 Å². The number of rotatable bonds is 18. The number of carbonyl (C=O) groups is 4. The average molecular weight is 811 g/mol. The lowest BCUT2D eigenvalue weighted by atomic mass is 9.97. The molecule has 5 rings (SSSR count). The molecular formula is C42H50O14S. The van der Waals surface area contributed by atoms with Crippen molar-refractivity contribution < 1.29 is 66.5 Å². The van der Waals surface area contributed by atoms with Gasteiger partial charge < -0.3 is 47.4 Å². The average Bonchev–Trinajstić information content (AvgIpc) is 3.19. The Labute approximate surface area is 336 Å². The first-order chi connectivity index (χ1) is 27.5. The molecule has 0 aliphatic carbocycles. The first-order valence-corrected chi connectivity index (χ1v) is 19.5. The lowest BCUT2D eigenvalue weighted by Gasteiger charge is -2.49. The Morgan fingerprint density at radius 3 is 1.56 bits per heavy atom. The summed E-state index contributed by atoms with van der Waals surface area (Å²) in [5.74, 6) is -2.73. The molecule has 308 valence electrons. The first kappa shape index (κ1) is 43.8. The molecule has 2 aliphatic heterocycles. The second-order valence-electron chi connectivity index (χ2n) is 13.5. The molecule has 14 nitrogen and oxygen atoms in total. The first-order valence-electron chi connectivity index (χ1n) is 18.6. The summed E-state index contributed by atoms with van der Waals surface area (Å²) >= 11 is 1.09. The van der Waals surface area contributed by atoms with Crippen LogP contribution in [-0.4, -0.2) is 104 Å². The molecule has 0 saturated carbocycles. The fourth-order valence-corrected chi connectivity index (χ4v) is 8.00. The number of esters is 4. The normalized spacial score (nSPS) is 27.2. The van der Waals surface area contributed by atoms with E-state index in [2.05, 4.69) is 0 Å². The van der Waals surface area contributed by atoms with E-state index in [0.29, 0.717) is 0 Å². The highest BCUT2D eigenvalue weighted by molar-refractivity contribution is 8.00. The summed E-state index contributed by atoms with van der Waals surface area (Å²) in [5, 5.41) is -0.839. The van der Waals surface area contributed by atoms with Crippen molar-refractivity contribution in [2.45, 2.75) is 107 Å². The maximum atomic E-state index is 12.7. The molecule has 0 spiro atoms. The molecule has 15 heteroatoms. The smallest absolute Gasteiger partial charge is 0.303 e. The van der Waals surface area contributed by atoms with Crippen LogP contribution in [0.15, 0.2) is 91.0 Å². The van der Waals surface area contributed by atoms with E-state index < -0.39 is 83.6 Å². The van der Waals surface area contributed by atoms with E-state index in [1.807, 2.05) is 91.0 Å². The second-order valence-corrected chi connectivity index (χ2v) is 14.8. The predicted molar refractivity (Wildman–Crippen MR) is 205 cm³/mol. The number of ether oxygens (including phenoxy) is 10. The van der Waals surface area contributed by atoms with E-state index in [9.17, 15) is 19.2 Å². The maximum absolute atomic E-state index is 12.7. The second kappa shape index (κ2) is 22.0. The molecule has 2 heterocycles. The molecule has 2 aliphatic rings. The van der Waals surface area contributed by atoms with Gasteiger partial charge in [0.15, 0.2) is 24.6 Å². The van der Waals surface area contributed by atoms with Crippen LogP contribution in [0.25, 0.3) is 0 Å². The van der Waals surface area contributed by atoms with E-state index in [0.717, 1.165) is 28.5 Å². The number of carbonyl (C=O) groups excluding carboxylic acids is 4. The molecule has 57 heavy (non-hydrogen) atoms. The van der Waals surface area contributed by atoms with Crippen molar-refractivity contribution in [1.82, 2.24) is 0 Å². The Balaban J connectivity index is 1.56. The third kappa shape index (κ3) is 13.1. The Morgan fingerprint density at radius 2 is 1.05 bits per heavy atom. The zero-order valence-corrected chi connectivity index (χ0v) is 33.4. The van der Waals surface area contributed by atoms with Gasteiger partial charge in [-0.1, -0.05) is 91.0 Å². The standard InChI is InChI=1S/C42H50O14S/c1-26(43)49-25-34-36(52-27(2)44)38(53-28(3)45)40(54-29(4)46)42(57-34)56-37-35(50-22-31-17-11-7-12-18-31)33(24-48-21-30-15-9-6-10-16-30)55-41(47-5)39(37)51-23-32-19-13-8-14-20-32/h6-20,33-42H,21-25H2,1-5H3/t33-,34-,35-,36-,37+,38+,39+,40-,41+,42+/m1/s1. The molecule has 2 saturated heterocycles. The third-order valence-corrected chi connectivity index (χ3v) is 10.4. The van der Waals surface area contributed by atoms with E-state index in [1.54, 1.807) is 0 Å². The van der Waals surface area contributed by atoms with Crippen LogP contribution >= 0.6 is 11.8 Å². The highest BCUT2D eigenvalue weighted by atomic mass is 32.2. The van der Waals surface area contributed by atoms with E-state index in [-0.39, 0.29) is 33.0 Å². The van der Waals surface area contributed by atoms with Crippen LogP contribution in [0, 0.1) is 0 Å². The molecule has 3 aromatic carbocycles. The zero-order chi connectivity index (χ0) is 40.7. The largest absolute Gasteiger partial charge is 0.465 e. The van der Waals surface area contributed by atoms with Gasteiger partial charge in [-0.15, -0.1) is 11.8 Å². The van der Waals surface area contributed by atoms with Gasteiger partial charge in [-0.25, -0.2) is 0 Å². The highest BCUT2D eigenvalue weighted by Gasteiger charge is 2.56. The van der Waals surface area contributed by atoms with Crippen LogP contribution in [-0.2, 0) is 86.4 Å². The molecule has 0 radical (unpaired) electrons. The van der Waals surface area contributed by atoms with E-state index >= 15 is 0 Å². The molecule has 10 atom stereocenters. The summed E-state index contributed by atoms with van der Waals surface area (Å²) in [4.78, 5) is 49.8. The summed E-state index contributed by atoms with van der Waals surface area (Å²) in [5.41, 5.74) is 1.56. The Bertz CT molecular complexity index is 1710. The fraction of sp³-hybridized carbons (Fsp3) is 0.476. The zero-order valence-electron chi connectivity index (χ0n) is 32.6. The summed E-state index contributed by atoms with van der Waals surface area (Å²) in [6, 6.07) is 28.7. The minimum atomic E-state index is -1.36. The lowest BCUT2D eigenvalue weighted by molar-refractivity contribution is -0.326. The third-order valence-electron chi connectivity index (χ3n) is 9.03. The van der Waals surface area contributed by atoms with Gasteiger partial charge >= 0.3 is 23.9 Å². The highest BCUT2D eigenvalue weighted by Crippen LogP contribution is 2.42. The molecule has 0 bridgehead atoms. The van der Waals surface area contributed by atoms with Crippen LogP contribution in [0.3, 0.4) is 0 Å². The number of hydrogen-bond donors (Lipinski definition) is 0. The molecule has 0 amide bonds. The van der Waals surface area contributed by atoms with Gasteiger partial charge in [0.1, 0.15) is 36.5 Å². The molecule has 0 unspecified atom stereocenters. The Morgan fingerprint density at radius 1 is 0.561 bits per heavy atom. The molecule has 2 fully saturated rings. The van der Waals surface area contributed by atoms with Crippen LogP contribution in [0.2, 0.25) is 0 Å². The van der Waals surface area contributed by atoms with Gasteiger partial charge in [-0.3, -0.25) is 19.2 Å². The van der Waals surface area contributed by atoms with Gasteiger partial charge in [-0.2, -0.15) is 0 Å². The quantitative estimate of drug-likeness (QED) is 0.126. The van der Waals surface area contributed by atoms with Crippen LogP contribution < -0.4 is 0 Å². The van der Waals surface area contributed by atoms with Crippen LogP contribution in [0.5, 0.6) is 0 Å². The van der Waals surface area contributed by atoms with Gasteiger partial charge in [0.05, 0.1) is 31.7 Å². The van der Waals surface area contributed by atoms with Gasteiger partial charge in [0, 0.05) is 34.8 Å². The predicted octanol–water partition coefficient (Wildman–Crippen LogP) is 4.93. The SMILES string of the molecule is CO[C@H]1O[C@H](COCc2ccccc2)[C@@H](OCc2ccccc2)[C@H](O[C@H]2S[C@H](COC(C)=O)[C@@H](OC(C)=O)[C@H](OC(C)=O)[C@H]2OC(C)=O)[C@@H]1OCc1ccccc1. The van der Waals surface area contributed by atoms with E-state index in [4.69, 9.17) is 47.4 Å². The summed E-state index contributed by atoms with van der Waals surface area (Å²) in [7, 11) is 1.49. The topological polar surface area (TPSA) is 161 Å². The minimum Gasteiger partial charge on any atom is -0.465 e. The molecule has 3 aromatic rings. The van der Waals surface area contributed by atoms with Crippen molar-refractivity contribution in [1.29, 1.82) is 0 Å². The number of methoxy groups -OCH3 is 1.